The number of rotatable bonds is 3. The molecule has 1 amide bonds. The van der Waals surface area contributed by atoms with E-state index in [2.05, 4.69) is 21.2 Å². The van der Waals surface area contributed by atoms with Crippen molar-refractivity contribution >= 4 is 62.5 Å². The highest BCUT2D eigenvalue weighted by molar-refractivity contribution is 9.10. The number of halogens is 2. The smallest absolute Gasteiger partial charge is 0.238 e. The zero-order valence-corrected chi connectivity index (χ0v) is 21.0. The lowest BCUT2D eigenvalue weighted by Gasteiger charge is -2.37. The molecule has 1 saturated heterocycles. The molecule has 1 spiro atoms. The molecule has 35 heavy (non-hydrogen) atoms. The number of benzene rings is 3. The van der Waals surface area contributed by atoms with Gasteiger partial charge in [-0.2, -0.15) is 0 Å². The van der Waals surface area contributed by atoms with Crippen molar-refractivity contribution in [2.24, 2.45) is 5.92 Å². The van der Waals surface area contributed by atoms with Gasteiger partial charge in [0.05, 0.1) is 18.0 Å². The number of amides is 1. The van der Waals surface area contributed by atoms with Crippen LogP contribution in [0.2, 0.25) is 5.02 Å². The van der Waals surface area contributed by atoms with Gasteiger partial charge in [0.25, 0.3) is 0 Å². The summed E-state index contributed by atoms with van der Waals surface area (Å²) in [5, 5.41) is 3.59. The number of hydrogen-bond donors (Lipinski definition) is 1. The molecule has 0 saturated carbocycles. The number of carbonyl (C=O) groups excluding carboxylic acids is 3. The Morgan fingerprint density at radius 3 is 2.54 bits per heavy atom. The topological polar surface area (TPSA) is 66.5 Å². The van der Waals surface area contributed by atoms with Gasteiger partial charge in [-0.15, -0.1) is 0 Å². The number of carbonyl (C=O) groups is 3. The van der Waals surface area contributed by atoms with Crippen molar-refractivity contribution in [2.45, 2.75) is 24.4 Å². The summed E-state index contributed by atoms with van der Waals surface area (Å²) in [6.07, 6.45) is 3.87. The van der Waals surface area contributed by atoms with E-state index in [1.54, 1.807) is 30.3 Å². The fourth-order valence-electron chi connectivity index (χ4n) is 6.10. The molecule has 6 rings (SSSR count). The van der Waals surface area contributed by atoms with Crippen molar-refractivity contribution in [2.75, 3.05) is 10.2 Å². The highest BCUT2D eigenvalue weighted by Gasteiger charge is 2.69. The van der Waals surface area contributed by atoms with E-state index < -0.39 is 23.4 Å². The monoisotopic (exact) mass is 546 g/mol. The molecule has 3 heterocycles. The van der Waals surface area contributed by atoms with Crippen molar-refractivity contribution in [1.29, 1.82) is 0 Å². The number of nitrogens with zero attached hydrogens (tertiary/aromatic N) is 1. The summed E-state index contributed by atoms with van der Waals surface area (Å²) in [5.74, 6) is -1.60. The van der Waals surface area contributed by atoms with Crippen LogP contribution < -0.4 is 10.2 Å². The highest BCUT2D eigenvalue weighted by Crippen LogP contribution is 2.57. The second-order valence-corrected chi connectivity index (χ2v) is 10.5. The van der Waals surface area contributed by atoms with Gasteiger partial charge in [0.1, 0.15) is 5.41 Å². The largest absolute Gasteiger partial charge is 0.352 e. The Labute approximate surface area is 215 Å². The molecule has 3 aliphatic rings. The normalized spacial score (nSPS) is 25.7. The average molecular weight is 548 g/mol. The molecule has 0 aromatic heterocycles. The summed E-state index contributed by atoms with van der Waals surface area (Å²) in [7, 11) is 0. The number of para-hydroxylation sites is 1. The Morgan fingerprint density at radius 2 is 1.80 bits per heavy atom. The summed E-state index contributed by atoms with van der Waals surface area (Å²) >= 11 is 9.68. The molecule has 0 unspecified atom stereocenters. The molecule has 1 N–H and O–H groups in total. The third-order valence-corrected chi connectivity index (χ3v) is 8.19. The molecule has 0 aliphatic carbocycles. The van der Waals surface area contributed by atoms with E-state index in [4.69, 9.17) is 11.6 Å². The first-order valence-electron chi connectivity index (χ1n) is 11.3. The summed E-state index contributed by atoms with van der Waals surface area (Å²) in [6.45, 7) is 1.50. The predicted molar refractivity (Wildman–Crippen MR) is 140 cm³/mol. The SMILES string of the molecule is CC(=O)[C@H]1[C@@H](C(=O)c2ccc(Br)cc2)[C@]2(C(=O)Nc3ccccc32)[C@@H]2C=Cc3cc(Cl)ccc3N21. The van der Waals surface area contributed by atoms with Gasteiger partial charge in [0, 0.05) is 26.4 Å². The lowest BCUT2D eigenvalue weighted by Crippen LogP contribution is -2.51. The predicted octanol–water partition coefficient (Wildman–Crippen LogP) is 5.66. The number of nitrogens with one attached hydrogen (secondary N) is 1. The first kappa shape index (κ1) is 22.3. The summed E-state index contributed by atoms with van der Waals surface area (Å²) < 4.78 is 0.841. The van der Waals surface area contributed by atoms with Crippen LogP contribution in [-0.4, -0.2) is 29.6 Å². The molecular weight excluding hydrogens is 528 g/mol. The number of anilines is 2. The number of hydrogen-bond acceptors (Lipinski definition) is 4. The van der Waals surface area contributed by atoms with E-state index in [0.717, 1.165) is 21.3 Å². The summed E-state index contributed by atoms with van der Waals surface area (Å²) in [5.41, 5.74) is 2.22. The zero-order valence-electron chi connectivity index (χ0n) is 18.7. The van der Waals surface area contributed by atoms with Crippen LogP contribution in [0.5, 0.6) is 0 Å². The minimum atomic E-state index is -1.27. The van der Waals surface area contributed by atoms with Crippen LogP contribution >= 0.6 is 27.5 Å². The fraction of sp³-hybridized carbons (Fsp3) is 0.179. The van der Waals surface area contributed by atoms with Crippen LogP contribution in [0.4, 0.5) is 11.4 Å². The molecule has 5 nitrogen and oxygen atoms in total. The van der Waals surface area contributed by atoms with E-state index in [-0.39, 0.29) is 17.5 Å². The van der Waals surface area contributed by atoms with Crippen LogP contribution in [0.15, 0.2) is 77.3 Å². The van der Waals surface area contributed by atoms with Crippen molar-refractivity contribution in [1.82, 2.24) is 0 Å². The lowest BCUT2D eigenvalue weighted by molar-refractivity contribution is -0.122. The van der Waals surface area contributed by atoms with Gasteiger partial charge < -0.3 is 10.2 Å². The first-order chi connectivity index (χ1) is 16.8. The van der Waals surface area contributed by atoms with Gasteiger partial charge in [0.15, 0.2) is 11.6 Å². The van der Waals surface area contributed by atoms with E-state index >= 15 is 0 Å². The Kier molecular flexibility index (Phi) is 5.02. The van der Waals surface area contributed by atoms with Gasteiger partial charge in [-0.3, -0.25) is 14.4 Å². The van der Waals surface area contributed by atoms with Gasteiger partial charge >= 0.3 is 0 Å². The van der Waals surface area contributed by atoms with Crippen molar-refractivity contribution in [3.05, 3.63) is 99.0 Å². The number of ketones is 2. The Hall–Kier alpha value is -3.22. The summed E-state index contributed by atoms with van der Waals surface area (Å²) in [6, 6.07) is 18.6. The molecule has 0 radical (unpaired) electrons. The zero-order chi connectivity index (χ0) is 24.5. The van der Waals surface area contributed by atoms with Crippen LogP contribution in [0.1, 0.15) is 28.4 Å². The highest BCUT2D eigenvalue weighted by atomic mass is 79.9. The minimum absolute atomic E-state index is 0.171. The summed E-state index contributed by atoms with van der Waals surface area (Å²) in [4.78, 5) is 43.6. The third kappa shape index (κ3) is 3.03. The van der Waals surface area contributed by atoms with Crippen LogP contribution in [0.3, 0.4) is 0 Å². The molecule has 7 heteroatoms. The number of fused-ring (bicyclic) bond motifs is 6. The minimum Gasteiger partial charge on any atom is -0.352 e. The first-order valence-corrected chi connectivity index (χ1v) is 12.5. The van der Waals surface area contributed by atoms with Gasteiger partial charge in [-0.25, -0.2) is 0 Å². The Bertz CT molecular complexity index is 1450. The molecule has 0 bridgehead atoms. The van der Waals surface area contributed by atoms with Crippen LogP contribution in [-0.2, 0) is 15.0 Å². The van der Waals surface area contributed by atoms with Crippen molar-refractivity contribution < 1.29 is 14.4 Å². The second-order valence-electron chi connectivity index (χ2n) is 9.19. The second kappa shape index (κ2) is 7.90. The van der Waals surface area contributed by atoms with E-state index in [0.29, 0.717) is 16.3 Å². The quantitative estimate of drug-likeness (QED) is 0.430. The third-order valence-electron chi connectivity index (χ3n) is 7.42. The average Bonchev–Trinajstić information content (AvgIpc) is 3.32. The molecule has 1 fully saturated rings. The maximum absolute atomic E-state index is 14.3. The molecule has 3 aromatic carbocycles. The van der Waals surface area contributed by atoms with Gasteiger partial charge in [0.2, 0.25) is 5.91 Å². The van der Waals surface area contributed by atoms with Gasteiger partial charge in [-0.1, -0.05) is 70.0 Å². The molecular formula is C28H20BrClN2O3. The van der Waals surface area contributed by atoms with Crippen LogP contribution in [0.25, 0.3) is 6.08 Å². The van der Waals surface area contributed by atoms with Crippen molar-refractivity contribution in [3.8, 4) is 0 Å². The molecule has 3 aromatic rings. The van der Waals surface area contributed by atoms with E-state index in [1.165, 1.54) is 6.92 Å². The Morgan fingerprint density at radius 1 is 1.06 bits per heavy atom. The van der Waals surface area contributed by atoms with E-state index in [9.17, 15) is 14.4 Å². The maximum Gasteiger partial charge on any atom is 0.238 e. The van der Waals surface area contributed by atoms with Gasteiger partial charge in [-0.05, 0) is 54.4 Å². The maximum atomic E-state index is 14.3. The standard InChI is InChI=1S/C28H20BrClN2O3/c1-15(33)25-24(26(34)16-6-9-18(29)10-7-16)28(20-4-2-3-5-21(20)31-27(28)35)23-13-8-17-14-19(30)11-12-22(17)32(23)25/h2-14,23-25H,1H3,(H,31,35)/t23-,24-,25-,28+/m0/s1. The molecule has 4 atom stereocenters. The Balaban J connectivity index is 1.65. The fourth-order valence-corrected chi connectivity index (χ4v) is 6.54. The number of Topliss-reactive ketones (excluding diaryl/α,β-unsaturated/α-hetero) is 2. The van der Waals surface area contributed by atoms with E-state index in [1.807, 2.05) is 53.5 Å². The van der Waals surface area contributed by atoms with Crippen LogP contribution in [0, 0.1) is 5.92 Å². The van der Waals surface area contributed by atoms with Crippen molar-refractivity contribution in [3.63, 3.8) is 0 Å². The lowest BCUT2D eigenvalue weighted by atomic mass is 9.64. The molecule has 3 aliphatic heterocycles. The molecule has 174 valence electrons.